The molecule has 1 fully saturated rings. The number of nitrogens with zero attached hydrogens (tertiary/aromatic N) is 1. The maximum atomic E-state index is 12.4. The van der Waals surface area contributed by atoms with E-state index in [0.29, 0.717) is 12.6 Å². The van der Waals surface area contributed by atoms with Crippen molar-refractivity contribution >= 4 is 29.1 Å². The number of hydrogen-bond acceptors (Lipinski definition) is 4. The average Bonchev–Trinajstić information content (AvgIpc) is 2.95. The van der Waals surface area contributed by atoms with Crippen molar-refractivity contribution in [1.82, 2.24) is 10.2 Å². The monoisotopic (exact) mass is 346 g/mol. The van der Waals surface area contributed by atoms with Crippen LogP contribution in [-0.4, -0.2) is 48.7 Å². The van der Waals surface area contributed by atoms with E-state index in [-0.39, 0.29) is 27.1 Å². The largest absolute Gasteiger partial charge is 0.507 e. The van der Waals surface area contributed by atoms with Gasteiger partial charge in [0, 0.05) is 18.7 Å². The van der Waals surface area contributed by atoms with E-state index in [9.17, 15) is 9.90 Å². The molecule has 22 heavy (non-hydrogen) atoms. The number of phenols is 1. The predicted molar refractivity (Wildman–Crippen MR) is 87.3 cm³/mol. The number of likely N-dealkylation sites (N-methyl/N-ethyl adjacent to an activating group) is 1. The lowest BCUT2D eigenvalue weighted by Crippen LogP contribution is -2.40. The van der Waals surface area contributed by atoms with Crippen molar-refractivity contribution in [3.05, 3.63) is 21.7 Å². The zero-order valence-corrected chi connectivity index (χ0v) is 14.2. The number of carbonyl (C=O) groups excluding carboxylic acids is 1. The Bertz CT molecular complexity index is 566. The van der Waals surface area contributed by atoms with Gasteiger partial charge < -0.3 is 15.2 Å². The van der Waals surface area contributed by atoms with E-state index in [1.165, 1.54) is 13.2 Å². The highest BCUT2D eigenvalue weighted by atomic mass is 35.5. The van der Waals surface area contributed by atoms with Crippen LogP contribution >= 0.6 is 23.2 Å². The first-order valence-electron chi connectivity index (χ1n) is 7.26. The summed E-state index contributed by atoms with van der Waals surface area (Å²) in [4.78, 5) is 14.7. The molecule has 1 saturated heterocycles. The lowest BCUT2D eigenvalue weighted by atomic mass is 10.1. The number of ether oxygens (including phenoxy) is 1. The Labute approximate surface area is 140 Å². The molecule has 2 N–H and O–H groups in total. The van der Waals surface area contributed by atoms with Gasteiger partial charge in [-0.15, -0.1) is 0 Å². The summed E-state index contributed by atoms with van der Waals surface area (Å²) in [5.41, 5.74) is 0.0120. The van der Waals surface area contributed by atoms with Gasteiger partial charge in [0.1, 0.15) is 16.3 Å². The Hall–Kier alpha value is -1.17. The predicted octanol–water partition coefficient (Wildman–Crippen LogP) is 2.92. The van der Waals surface area contributed by atoms with Crippen molar-refractivity contribution in [2.24, 2.45) is 0 Å². The Morgan fingerprint density at radius 1 is 1.55 bits per heavy atom. The lowest BCUT2D eigenvalue weighted by molar-refractivity contribution is 0.0935. The zero-order valence-electron chi connectivity index (χ0n) is 12.7. The summed E-state index contributed by atoms with van der Waals surface area (Å²) in [5.74, 6) is -0.582. The summed E-state index contributed by atoms with van der Waals surface area (Å²) in [6, 6.07) is 1.57. The highest BCUT2D eigenvalue weighted by Crippen LogP contribution is 2.40. The van der Waals surface area contributed by atoms with E-state index in [0.717, 1.165) is 25.9 Å². The second kappa shape index (κ2) is 7.40. The molecular weight excluding hydrogens is 327 g/mol. The fraction of sp³-hybridized carbons (Fsp3) is 0.533. The number of likely N-dealkylation sites (tertiary alicyclic amines) is 1. The molecule has 122 valence electrons. The molecule has 0 bridgehead atoms. The molecule has 0 saturated carbocycles. The van der Waals surface area contributed by atoms with Gasteiger partial charge in [-0.3, -0.25) is 9.69 Å². The number of hydrogen-bond donors (Lipinski definition) is 2. The highest BCUT2D eigenvalue weighted by Gasteiger charge is 2.26. The summed E-state index contributed by atoms with van der Waals surface area (Å²) in [7, 11) is 1.38. The van der Waals surface area contributed by atoms with Gasteiger partial charge in [0.15, 0.2) is 5.75 Å². The number of aromatic hydroxyl groups is 1. The summed E-state index contributed by atoms with van der Waals surface area (Å²) < 4.78 is 5.13. The van der Waals surface area contributed by atoms with Crippen molar-refractivity contribution in [2.75, 3.05) is 26.7 Å². The van der Waals surface area contributed by atoms with E-state index in [4.69, 9.17) is 27.9 Å². The normalized spacial score (nSPS) is 18.5. The number of nitrogens with one attached hydrogen (secondary N) is 1. The quantitative estimate of drug-likeness (QED) is 0.860. The number of halogens is 2. The molecule has 1 aliphatic rings. The van der Waals surface area contributed by atoms with Gasteiger partial charge in [-0.1, -0.05) is 30.1 Å². The molecule has 5 nitrogen and oxygen atoms in total. The van der Waals surface area contributed by atoms with Crippen molar-refractivity contribution in [2.45, 2.75) is 25.8 Å². The maximum absolute atomic E-state index is 12.4. The minimum Gasteiger partial charge on any atom is -0.507 e. The summed E-state index contributed by atoms with van der Waals surface area (Å²) in [6.07, 6.45) is 2.19. The van der Waals surface area contributed by atoms with Crippen LogP contribution in [0.15, 0.2) is 6.07 Å². The third kappa shape index (κ3) is 3.42. The van der Waals surface area contributed by atoms with E-state index in [1.807, 2.05) is 0 Å². The van der Waals surface area contributed by atoms with Crippen LogP contribution in [0.3, 0.4) is 0 Å². The smallest absolute Gasteiger partial charge is 0.258 e. The van der Waals surface area contributed by atoms with E-state index >= 15 is 0 Å². The van der Waals surface area contributed by atoms with Crippen LogP contribution in [-0.2, 0) is 0 Å². The molecule has 1 aromatic rings. The molecule has 1 aromatic carbocycles. The standard InChI is InChI=1S/C15H20Cl2N2O3/c1-3-19-6-4-5-9(19)8-18-15(21)12-11(20)7-10(16)13(17)14(12)22-2/h7,9,20H,3-6,8H2,1-2H3,(H,18,21). The Kier molecular flexibility index (Phi) is 5.78. The fourth-order valence-electron chi connectivity index (χ4n) is 2.84. The second-order valence-electron chi connectivity index (χ2n) is 5.23. The highest BCUT2D eigenvalue weighted by molar-refractivity contribution is 6.43. The number of rotatable bonds is 5. The Morgan fingerprint density at radius 3 is 2.91 bits per heavy atom. The molecular formula is C15H20Cl2N2O3. The van der Waals surface area contributed by atoms with Crippen molar-refractivity contribution in [3.8, 4) is 11.5 Å². The van der Waals surface area contributed by atoms with Crippen LogP contribution < -0.4 is 10.1 Å². The first-order valence-corrected chi connectivity index (χ1v) is 8.02. The third-order valence-electron chi connectivity index (χ3n) is 3.99. The van der Waals surface area contributed by atoms with Gasteiger partial charge >= 0.3 is 0 Å². The molecule has 2 rings (SSSR count). The number of methoxy groups -OCH3 is 1. The molecule has 1 aliphatic heterocycles. The van der Waals surface area contributed by atoms with E-state index < -0.39 is 5.91 Å². The minimum absolute atomic E-state index is 0.0120. The molecule has 7 heteroatoms. The van der Waals surface area contributed by atoms with Crippen LogP contribution in [0.1, 0.15) is 30.1 Å². The van der Waals surface area contributed by atoms with Gasteiger partial charge in [-0.2, -0.15) is 0 Å². The van der Waals surface area contributed by atoms with Crippen LogP contribution in [0.25, 0.3) is 0 Å². The fourth-order valence-corrected chi connectivity index (χ4v) is 3.26. The lowest BCUT2D eigenvalue weighted by Gasteiger charge is -2.23. The first kappa shape index (κ1) is 17.2. The van der Waals surface area contributed by atoms with Gasteiger partial charge in [0.2, 0.25) is 0 Å². The maximum Gasteiger partial charge on any atom is 0.258 e. The molecule has 0 aromatic heterocycles. The summed E-state index contributed by atoms with van der Waals surface area (Å²) >= 11 is 11.9. The zero-order chi connectivity index (χ0) is 16.3. The molecule has 0 radical (unpaired) electrons. The second-order valence-corrected chi connectivity index (χ2v) is 6.02. The molecule has 0 spiro atoms. The Morgan fingerprint density at radius 2 is 2.27 bits per heavy atom. The summed E-state index contributed by atoms with van der Waals surface area (Å²) in [6.45, 7) is 4.64. The molecule has 0 aliphatic carbocycles. The van der Waals surface area contributed by atoms with Gasteiger partial charge in [-0.25, -0.2) is 0 Å². The van der Waals surface area contributed by atoms with E-state index in [2.05, 4.69) is 17.1 Å². The number of amides is 1. The van der Waals surface area contributed by atoms with Crippen molar-refractivity contribution < 1.29 is 14.6 Å². The number of phenolic OH excluding ortho intramolecular Hbond substituents is 1. The average molecular weight is 347 g/mol. The third-order valence-corrected chi connectivity index (χ3v) is 4.76. The summed E-state index contributed by atoms with van der Waals surface area (Å²) in [5, 5.41) is 13.1. The molecule has 1 atom stereocenters. The van der Waals surface area contributed by atoms with Crippen LogP contribution in [0.4, 0.5) is 0 Å². The molecule has 1 amide bonds. The van der Waals surface area contributed by atoms with Gasteiger partial charge in [-0.05, 0) is 25.9 Å². The van der Waals surface area contributed by atoms with Gasteiger partial charge in [0.25, 0.3) is 5.91 Å². The van der Waals surface area contributed by atoms with Crippen molar-refractivity contribution in [1.29, 1.82) is 0 Å². The minimum atomic E-state index is -0.420. The SMILES string of the molecule is CCN1CCCC1CNC(=O)c1c(O)cc(Cl)c(Cl)c1OC. The van der Waals surface area contributed by atoms with Crippen molar-refractivity contribution in [3.63, 3.8) is 0 Å². The molecule has 1 heterocycles. The topological polar surface area (TPSA) is 61.8 Å². The van der Waals surface area contributed by atoms with Crippen LogP contribution in [0, 0.1) is 0 Å². The van der Waals surface area contributed by atoms with Crippen LogP contribution in [0.2, 0.25) is 10.0 Å². The Balaban J connectivity index is 2.14. The van der Waals surface area contributed by atoms with E-state index in [1.54, 1.807) is 0 Å². The number of benzene rings is 1. The number of carbonyl (C=O) groups is 1. The first-order chi connectivity index (χ1) is 10.5. The van der Waals surface area contributed by atoms with Gasteiger partial charge in [0.05, 0.1) is 12.1 Å². The van der Waals surface area contributed by atoms with Crippen LogP contribution in [0.5, 0.6) is 11.5 Å². The molecule has 1 unspecified atom stereocenters.